The minimum atomic E-state index is -0.365. The predicted molar refractivity (Wildman–Crippen MR) is 132 cm³/mol. The van der Waals surface area contributed by atoms with Crippen LogP contribution >= 0.6 is 15.9 Å². The summed E-state index contributed by atoms with van der Waals surface area (Å²) >= 11 is 3.65. The van der Waals surface area contributed by atoms with Gasteiger partial charge in [0.25, 0.3) is 0 Å². The number of ether oxygens (including phenoxy) is 3. The molecule has 0 saturated heterocycles. The fourth-order valence-electron chi connectivity index (χ4n) is 4.67. The van der Waals surface area contributed by atoms with Gasteiger partial charge in [0.2, 0.25) is 5.95 Å². The molecule has 0 unspecified atom stereocenters. The molecular weight excluding hydrogens is 496 g/mol. The van der Waals surface area contributed by atoms with Crippen LogP contribution in [0.3, 0.4) is 0 Å². The topological polar surface area (TPSA) is 70.4 Å². The Morgan fingerprint density at radius 2 is 1.85 bits per heavy atom. The smallest absolute Gasteiger partial charge is 0.226 e. The molecule has 6 rings (SSSR count). The molecular formula is C26H21BrN4O3. The number of methoxy groups -OCH3 is 2. The zero-order chi connectivity index (χ0) is 23.2. The van der Waals surface area contributed by atoms with Crippen molar-refractivity contribution in [1.82, 2.24) is 14.8 Å². The number of fused-ring (bicyclic) bond motifs is 3. The van der Waals surface area contributed by atoms with Gasteiger partial charge in [-0.1, -0.05) is 30.3 Å². The SMILES string of the molecule is COc1cccc([C@@H]2Oc3ccccc3C3=C2[C@@H](c2ccc(OC)c(Br)c2)n2ncnc2N3)c1. The fourth-order valence-corrected chi connectivity index (χ4v) is 5.23. The summed E-state index contributed by atoms with van der Waals surface area (Å²) in [5.74, 6) is 3.03. The van der Waals surface area contributed by atoms with Crippen LogP contribution in [0.1, 0.15) is 28.8 Å². The Kier molecular flexibility index (Phi) is 5.03. The maximum absolute atomic E-state index is 6.65. The number of halogens is 1. The van der Waals surface area contributed by atoms with E-state index in [0.29, 0.717) is 5.95 Å². The van der Waals surface area contributed by atoms with Crippen LogP contribution in [0.25, 0.3) is 5.70 Å². The molecule has 0 amide bonds. The summed E-state index contributed by atoms with van der Waals surface area (Å²) < 4.78 is 20.4. The van der Waals surface area contributed by atoms with Gasteiger partial charge < -0.3 is 19.5 Å². The quantitative estimate of drug-likeness (QED) is 0.379. The number of aromatic nitrogens is 3. The molecule has 34 heavy (non-hydrogen) atoms. The van der Waals surface area contributed by atoms with Gasteiger partial charge >= 0.3 is 0 Å². The Morgan fingerprint density at radius 3 is 2.68 bits per heavy atom. The van der Waals surface area contributed by atoms with Crippen molar-refractivity contribution in [3.8, 4) is 17.2 Å². The monoisotopic (exact) mass is 516 g/mol. The van der Waals surface area contributed by atoms with E-state index in [1.54, 1.807) is 20.5 Å². The fraction of sp³-hybridized carbons (Fsp3) is 0.154. The van der Waals surface area contributed by atoms with Gasteiger partial charge in [0.05, 0.1) is 24.4 Å². The Labute approximate surface area is 205 Å². The molecule has 0 saturated carbocycles. The second-order valence-corrected chi connectivity index (χ2v) is 8.91. The molecule has 0 spiro atoms. The number of nitrogens with zero attached hydrogens (tertiary/aromatic N) is 3. The highest BCUT2D eigenvalue weighted by Crippen LogP contribution is 2.51. The molecule has 2 aliphatic heterocycles. The summed E-state index contributed by atoms with van der Waals surface area (Å²) in [7, 11) is 3.33. The van der Waals surface area contributed by atoms with Gasteiger partial charge in [-0.15, -0.1) is 0 Å². The summed E-state index contributed by atoms with van der Waals surface area (Å²) in [5.41, 5.74) is 5.03. The molecule has 1 aromatic heterocycles. The van der Waals surface area contributed by atoms with Crippen molar-refractivity contribution in [1.29, 1.82) is 0 Å². The third kappa shape index (κ3) is 3.25. The van der Waals surface area contributed by atoms with Gasteiger partial charge in [0.1, 0.15) is 35.7 Å². The minimum absolute atomic E-state index is 0.250. The summed E-state index contributed by atoms with van der Waals surface area (Å²) in [6, 6.07) is 21.9. The Balaban J connectivity index is 1.61. The highest BCUT2D eigenvalue weighted by molar-refractivity contribution is 9.10. The maximum Gasteiger partial charge on any atom is 0.226 e. The first kappa shape index (κ1) is 20.8. The van der Waals surface area contributed by atoms with E-state index in [1.807, 2.05) is 47.1 Å². The van der Waals surface area contributed by atoms with Crippen LogP contribution in [0.4, 0.5) is 5.95 Å². The number of benzene rings is 3. The summed E-state index contributed by atoms with van der Waals surface area (Å²) in [4.78, 5) is 4.49. The molecule has 0 bridgehead atoms. The molecule has 0 fully saturated rings. The van der Waals surface area contributed by atoms with Crippen molar-refractivity contribution in [3.05, 3.63) is 99.8 Å². The molecule has 0 radical (unpaired) electrons. The first-order valence-corrected chi connectivity index (χ1v) is 11.6. The number of nitrogens with one attached hydrogen (secondary N) is 1. The first-order valence-electron chi connectivity index (χ1n) is 10.8. The van der Waals surface area contributed by atoms with Crippen LogP contribution in [-0.4, -0.2) is 29.0 Å². The van der Waals surface area contributed by atoms with Crippen molar-refractivity contribution in [3.63, 3.8) is 0 Å². The molecule has 4 aromatic rings. The van der Waals surface area contributed by atoms with Crippen LogP contribution in [0.5, 0.6) is 17.2 Å². The minimum Gasteiger partial charge on any atom is -0.497 e. The lowest BCUT2D eigenvalue weighted by molar-refractivity contribution is 0.222. The van der Waals surface area contributed by atoms with Gasteiger partial charge in [-0.3, -0.25) is 0 Å². The average molecular weight is 517 g/mol. The third-order valence-electron chi connectivity index (χ3n) is 6.21. The molecule has 7 nitrogen and oxygen atoms in total. The Hall–Kier alpha value is -3.78. The number of rotatable bonds is 4. The van der Waals surface area contributed by atoms with E-state index in [-0.39, 0.29) is 12.1 Å². The van der Waals surface area contributed by atoms with Gasteiger partial charge in [0, 0.05) is 16.7 Å². The largest absolute Gasteiger partial charge is 0.497 e. The molecule has 2 atom stereocenters. The molecule has 0 aliphatic carbocycles. The van der Waals surface area contributed by atoms with Crippen molar-refractivity contribution in [2.75, 3.05) is 19.5 Å². The van der Waals surface area contributed by atoms with Crippen molar-refractivity contribution in [2.24, 2.45) is 0 Å². The number of anilines is 1. The maximum atomic E-state index is 6.65. The second-order valence-electron chi connectivity index (χ2n) is 8.05. The molecule has 8 heteroatoms. The van der Waals surface area contributed by atoms with Crippen LogP contribution in [0.15, 0.2) is 83.1 Å². The van der Waals surface area contributed by atoms with E-state index in [9.17, 15) is 0 Å². The molecule has 1 N–H and O–H groups in total. The number of hydrogen-bond acceptors (Lipinski definition) is 6. The summed E-state index contributed by atoms with van der Waals surface area (Å²) in [6.07, 6.45) is 1.20. The van der Waals surface area contributed by atoms with Crippen LogP contribution in [-0.2, 0) is 0 Å². The van der Waals surface area contributed by atoms with E-state index in [1.165, 1.54) is 0 Å². The highest BCUT2D eigenvalue weighted by Gasteiger charge is 2.41. The Morgan fingerprint density at radius 1 is 0.971 bits per heavy atom. The van der Waals surface area contributed by atoms with E-state index in [2.05, 4.69) is 55.6 Å². The molecule has 170 valence electrons. The lowest BCUT2D eigenvalue weighted by Crippen LogP contribution is -2.32. The zero-order valence-electron chi connectivity index (χ0n) is 18.5. The lowest BCUT2D eigenvalue weighted by Gasteiger charge is -2.39. The van der Waals surface area contributed by atoms with Crippen molar-refractivity contribution >= 4 is 27.6 Å². The van der Waals surface area contributed by atoms with E-state index in [4.69, 9.17) is 14.2 Å². The molecule has 3 aromatic carbocycles. The van der Waals surface area contributed by atoms with Crippen LogP contribution in [0.2, 0.25) is 0 Å². The van der Waals surface area contributed by atoms with Gasteiger partial charge in [-0.05, 0) is 57.9 Å². The predicted octanol–water partition coefficient (Wildman–Crippen LogP) is 5.62. The van der Waals surface area contributed by atoms with Gasteiger partial charge in [-0.2, -0.15) is 10.1 Å². The Bertz CT molecular complexity index is 1430. The van der Waals surface area contributed by atoms with E-state index in [0.717, 1.165) is 49.7 Å². The van der Waals surface area contributed by atoms with E-state index >= 15 is 0 Å². The van der Waals surface area contributed by atoms with Crippen LogP contribution in [0, 0.1) is 0 Å². The average Bonchev–Trinajstić information content (AvgIpc) is 3.35. The number of hydrogen-bond donors (Lipinski definition) is 1. The molecule has 3 heterocycles. The normalized spacial score (nSPS) is 18.2. The van der Waals surface area contributed by atoms with Crippen molar-refractivity contribution < 1.29 is 14.2 Å². The lowest BCUT2D eigenvalue weighted by atomic mass is 9.84. The summed E-state index contributed by atoms with van der Waals surface area (Å²) in [6.45, 7) is 0. The number of para-hydroxylation sites is 1. The third-order valence-corrected chi connectivity index (χ3v) is 6.83. The van der Waals surface area contributed by atoms with Gasteiger partial charge in [0.15, 0.2) is 0 Å². The highest BCUT2D eigenvalue weighted by atomic mass is 79.9. The zero-order valence-corrected chi connectivity index (χ0v) is 20.1. The standard InChI is InChI=1S/C26H21BrN4O3/c1-32-17-7-5-6-16(12-17)25-22-23(18-8-3-4-9-20(18)34-25)30-26-28-14-29-31(26)24(22)15-10-11-21(33-2)19(27)13-15/h3-14,24-25H,1-2H3,(H,28,29,30)/t24-,25+/m1/s1. The second kappa shape index (κ2) is 8.22. The summed E-state index contributed by atoms with van der Waals surface area (Å²) in [5, 5.41) is 8.10. The molecule has 2 aliphatic rings. The van der Waals surface area contributed by atoms with Crippen LogP contribution < -0.4 is 19.5 Å². The van der Waals surface area contributed by atoms with Crippen molar-refractivity contribution in [2.45, 2.75) is 12.1 Å². The first-order chi connectivity index (χ1) is 16.7. The van der Waals surface area contributed by atoms with E-state index < -0.39 is 0 Å². The van der Waals surface area contributed by atoms with Gasteiger partial charge in [-0.25, -0.2) is 4.68 Å².